The third kappa shape index (κ3) is 2.73. The summed E-state index contributed by atoms with van der Waals surface area (Å²) in [7, 11) is 2.20. The van der Waals surface area contributed by atoms with E-state index in [0.29, 0.717) is 18.5 Å². The van der Waals surface area contributed by atoms with Crippen LogP contribution in [0.4, 0.5) is 0 Å². The molecule has 2 aliphatic heterocycles. The van der Waals surface area contributed by atoms with Crippen molar-refractivity contribution in [3.63, 3.8) is 0 Å². The van der Waals surface area contributed by atoms with Gasteiger partial charge in [0.05, 0.1) is 6.42 Å². The predicted octanol–water partition coefficient (Wildman–Crippen LogP) is 2.71. The Balaban J connectivity index is 1.56. The minimum absolute atomic E-state index is 0.0757. The van der Waals surface area contributed by atoms with Crippen molar-refractivity contribution in [2.75, 3.05) is 7.05 Å². The van der Waals surface area contributed by atoms with Crippen LogP contribution in [0.1, 0.15) is 36.8 Å². The first-order chi connectivity index (χ1) is 9.63. The Labute approximate surface area is 120 Å². The van der Waals surface area contributed by atoms with Crippen LogP contribution >= 0.6 is 0 Å². The zero-order chi connectivity index (χ0) is 14.1. The maximum absolute atomic E-state index is 12.1. The number of hydrogen-bond donors (Lipinski definition) is 0. The second kappa shape index (κ2) is 5.57. The second-order valence-electron chi connectivity index (χ2n) is 6.24. The molecule has 2 saturated heterocycles. The van der Waals surface area contributed by atoms with Crippen molar-refractivity contribution in [1.29, 1.82) is 0 Å². The van der Waals surface area contributed by atoms with E-state index in [4.69, 9.17) is 4.74 Å². The largest absolute Gasteiger partial charge is 0.462 e. The van der Waals surface area contributed by atoms with E-state index in [0.717, 1.165) is 24.0 Å². The van der Waals surface area contributed by atoms with Crippen LogP contribution in [0.5, 0.6) is 0 Å². The molecule has 1 aromatic rings. The third-order valence-electron chi connectivity index (χ3n) is 4.95. The number of hydrogen-bond acceptors (Lipinski definition) is 3. The van der Waals surface area contributed by atoms with E-state index >= 15 is 0 Å². The highest BCUT2D eigenvalue weighted by atomic mass is 16.5. The summed E-state index contributed by atoms with van der Waals surface area (Å²) >= 11 is 0. The molecule has 20 heavy (non-hydrogen) atoms. The van der Waals surface area contributed by atoms with Crippen LogP contribution in [0.3, 0.4) is 0 Å². The van der Waals surface area contributed by atoms with E-state index in [-0.39, 0.29) is 12.1 Å². The standard InChI is InChI=1S/C17H23NO2/c1-12-5-3-4-6-13(12)9-17(19)20-16-10-14-7-8-15(11-16)18(14)2/h3-6,14-16H,7-11H2,1-2H3/t14-,15+,16?. The molecule has 2 fully saturated rings. The van der Waals surface area contributed by atoms with Crippen molar-refractivity contribution in [2.24, 2.45) is 0 Å². The monoisotopic (exact) mass is 273 g/mol. The Morgan fingerprint density at radius 1 is 1.25 bits per heavy atom. The van der Waals surface area contributed by atoms with Gasteiger partial charge >= 0.3 is 5.97 Å². The lowest BCUT2D eigenvalue weighted by Gasteiger charge is -2.35. The Hall–Kier alpha value is -1.35. The molecule has 3 nitrogen and oxygen atoms in total. The van der Waals surface area contributed by atoms with Crippen molar-refractivity contribution >= 4 is 5.97 Å². The lowest BCUT2D eigenvalue weighted by atomic mass is 10.0. The lowest BCUT2D eigenvalue weighted by Crippen LogP contribution is -2.43. The highest BCUT2D eigenvalue weighted by molar-refractivity contribution is 5.73. The van der Waals surface area contributed by atoms with Gasteiger partial charge in [-0.05, 0) is 50.8 Å². The minimum atomic E-state index is -0.0757. The van der Waals surface area contributed by atoms with Gasteiger partial charge in [0.1, 0.15) is 6.10 Å². The van der Waals surface area contributed by atoms with Crippen LogP contribution in [0, 0.1) is 6.92 Å². The number of piperidine rings is 1. The lowest BCUT2D eigenvalue weighted by molar-refractivity contribution is -0.151. The molecule has 1 aromatic carbocycles. The maximum Gasteiger partial charge on any atom is 0.310 e. The zero-order valence-electron chi connectivity index (χ0n) is 12.3. The first-order valence-electron chi connectivity index (χ1n) is 7.59. The topological polar surface area (TPSA) is 29.5 Å². The first kappa shape index (κ1) is 13.6. The SMILES string of the molecule is Cc1ccccc1CC(=O)OC1C[C@H]2CC[C@@H](C1)N2C. The summed E-state index contributed by atoms with van der Waals surface area (Å²) in [6, 6.07) is 9.26. The molecule has 3 atom stereocenters. The molecule has 2 aliphatic rings. The summed E-state index contributed by atoms with van der Waals surface area (Å²) < 4.78 is 5.71. The number of carbonyl (C=O) groups is 1. The van der Waals surface area contributed by atoms with E-state index in [1.807, 2.05) is 31.2 Å². The molecule has 0 amide bonds. The van der Waals surface area contributed by atoms with Gasteiger partial charge in [0.2, 0.25) is 0 Å². The summed E-state index contributed by atoms with van der Waals surface area (Å²) in [6.45, 7) is 2.04. The number of benzene rings is 1. The number of carbonyl (C=O) groups excluding carboxylic acids is 1. The van der Waals surface area contributed by atoms with Crippen LogP contribution in [0.25, 0.3) is 0 Å². The highest BCUT2D eigenvalue weighted by Gasteiger charge is 2.39. The average Bonchev–Trinajstić information content (AvgIpc) is 2.63. The van der Waals surface area contributed by atoms with Crippen LogP contribution in [-0.4, -0.2) is 36.1 Å². The van der Waals surface area contributed by atoms with Crippen molar-refractivity contribution < 1.29 is 9.53 Å². The number of nitrogens with zero attached hydrogens (tertiary/aromatic N) is 1. The van der Waals surface area contributed by atoms with Gasteiger partial charge in [-0.2, -0.15) is 0 Å². The second-order valence-corrected chi connectivity index (χ2v) is 6.24. The molecule has 0 spiro atoms. The maximum atomic E-state index is 12.1. The average molecular weight is 273 g/mol. The molecule has 2 bridgehead atoms. The summed E-state index contributed by atoms with van der Waals surface area (Å²) in [6.07, 6.45) is 5.05. The van der Waals surface area contributed by atoms with E-state index in [9.17, 15) is 4.79 Å². The van der Waals surface area contributed by atoms with Gasteiger partial charge in [-0.1, -0.05) is 24.3 Å². The molecule has 3 heteroatoms. The fourth-order valence-corrected chi connectivity index (χ4v) is 3.65. The smallest absolute Gasteiger partial charge is 0.310 e. The summed E-state index contributed by atoms with van der Waals surface area (Å²) in [5, 5.41) is 0. The number of aryl methyl sites for hydroxylation is 1. The zero-order valence-corrected chi connectivity index (χ0v) is 12.3. The fraction of sp³-hybridized carbons (Fsp3) is 0.588. The van der Waals surface area contributed by atoms with Gasteiger partial charge < -0.3 is 9.64 Å². The predicted molar refractivity (Wildman–Crippen MR) is 78.6 cm³/mol. The number of esters is 1. The van der Waals surface area contributed by atoms with Crippen molar-refractivity contribution in [3.8, 4) is 0 Å². The molecule has 0 aromatic heterocycles. The Morgan fingerprint density at radius 3 is 2.55 bits per heavy atom. The Bertz CT molecular complexity index is 486. The summed E-state index contributed by atoms with van der Waals surface area (Å²) in [5.41, 5.74) is 2.24. The van der Waals surface area contributed by atoms with Gasteiger partial charge in [-0.15, -0.1) is 0 Å². The molecule has 2 heterocycles. The van der Waals surface area contributed by atoms with Gasteiger partial charge in [0.15, 0.2) is 0 Å². The van der Waals surface area contributed by atoms with Crippen LogP contribution in [0.2, 0.25) is 0 Å². The fourth-order valence-electron chi connectivity index (χ4n) is 3.65. The molecule has 0 saturated carbocycles. The van der Waals surface area contributed by atoms with E-state index < -0.39 is 0 Å². The van der Waals surface area contributed by atoms with Crippen molar-refractivity contribution in [2.45, 2.75) is 57.2 Å². The van der Waals surface area contributed by atoms with Gasteiger partial charge in [-0.25, -0.2) is 0 Å². The quantitative estimate of drug-likeness (QED) is 0.793. The van der Waals surface area contributed by atoms with Gasteiger partial charge in [-0.3, -0.25) is 4.79 Å². The molecule has 0 N–H and O–H groups in total. The Kier molecular flexibility index (Phi) is 3.79. The summed E-state index contributed by atoms with van der Waals surface area (Å²) in [4.78, 5) is 14.6. The number of rotatable bonds is 3. The van der Waals surface area contributed by atoms with E-state index in [2.05, 4.69) is 11.9 Å². The van der Waals surface area contributed by atoms with E-state index in [1.165, 1.54) is 12.8 Å². The van der Waals surface area contributed by atoms with Crippen LogP contribution in [-0.2, 0) is 16.0 Å². The molecule has 3 rings (SSSR count). The molecule has 0 aliphatic carbocycles. The first-order valence-corrected chi connectivity index (χ1v) is 7.59. The normalized spacial score (nSPS) is 29.4. The number of fused-ring (bicyclic) bond motifs is 2. The molecule has 108 valence electrons. The van der Waals surface area contributed by atoms with Crippen LogP contribution < -0.4 is 0 Å². The van der Waals surface area contributed by atoms with Crippen LogP contribution in [0.15, 0.2) is 24.3 Å². The summed E-state index contributed by atoms with van der Waals surface area (Å²) in [5.74, 6) is -0.0757. The highest BCUT2D eigenvalue weighted by Crippen LogP contribution is 2.35. The van der Waals surface area contributed by atoms with Gasteiger partial charge in [0, 0.05) is 12.1 Å². The van der Waals surface area contributed by atoms with Gasteiger partial charge in [0.25, 0.3) is 0 Å². The van der Waals surface area contributed by atoms with Crippen molar-refractivity contribution in [1.82, 2.24) is 4.90 Å². The molecule has 0 radical (unpaired) electrons. The third-order valence-corrected chi connectivity index (χ3v) is 4.95. The molecule has 1 unspecified atom stereocenters. The molecular weight excluding hydrogens is 250 g/mol. The number of ether oxygens (including phenoxy) is 1. The van der Waals surface area contributed by atoms with Crippen molar-refractivity contribution in [3.05, 3.63) is 35.4 Å². The van der Waals surface area contributed by atoms with E-state index in [1.54, 1.807) is 0 Å². The minimum Gasteiger partial charge on any atom is -0.462 e. The Morgan fingerprint density at radius 2 is 1.90 bits per heavy atom. The molecular formula is C17H23NO2.